The standard InChI is InChI=1S/C12H13FN2S/c1-2-3-4-8-15-10-7-5-6-9(13)11(10)14-12(15)16/h2-3,5-7H,4,8H2,1H3,(H,14,16)/b3-2+. The van der Waals surface area contributed by atoms with E-state index in [1.807, 2.05) is 23.6 Å². The van der Waals surface area contributed by atoms with Gasteiger partial charge in [0.25, 0.3) is 0 Å². The van der Waals surface area contributed by atoms with E-state index in [-0.39, 0.29) is 5.82 Å². The number of H-pyrrole nitrogens is 1. The van der Waals surface area contributed by atoms with Crippen LogP contribution in [0.15, 0.2) is 30.4 Å². The molecule has 1 heterocycles. The molecule has 0 unspecified atom stereocenters. The molecule has 0 saturated heterocycles. The van der Waals surface area contributed by atoms with Crippen LogP contribution in [0, 0.1) is 10.6 Å². The van der Waals surface area contributed by atoms with E-state index in [1.165, 1.54) is 6.07 Å². The summed E-state index contributed by atoms with van der Waals surface area (Å²) in [5.74, 6) is -0.256. The van der Waals surface area contributed by atoms with Gasteiger partial charge in [-0.1, -0.05) is 18.2 Å². The van der Waals surface area contributed by atoms with Gasteiger partial charge in [0.2, 0.25) is 0 Å². The van der Waals surface area contributed by atoms with Gasteiger partial charge in [-0.3, -0.25) is 0 Å². The predicted molar refractivity (Wildman–Crippen MR) is 66.5 cm³/mol. The Bertz CT molecular complexity index is 580. The molecule has 2 nitrogen and oxygen atoms in total. The average molecular weight is 236 g/mol. The third kappa shape index (κ3) is 1.93. The van der Waals surface area contributed by atoms with Crippen LogP contribution < -0.4 is 0 Å². The second-order valence-corrected chi connectivity index (χ2v) is 3.96. The molecular weight excluding hydrogens is 223 g/mol. The molecule has 4 heteroatoms. The van der Waals surface area contributed by atoms with Crippen LogP contribution in [-0.4, -0.2) is 9.55 Å². The van der Waals surface area contributed by atoms with E-state index in [9.17, 15) is 4.39 Å². The molecule has 0 amide bonds. The number of fused-ring (bicyclic) bond motifs is 1. The normalized spacial score (nSPS) is 11.6. The van der Waals surface area contributed by atoms with E-state index in [2.05, 4.69) is 11.1 Å². The monoisotopic (exact) mass is 236 g/mol. The van der Waals surface area contributed by atoms with Gasteiger partial charge >= 0.3 is 0 Å². The van der Waals surface area contributed by atoms with E-state index in [0.29, 0.717) is 10.3 Å². The van der Waals surface area contributed by atoms with E-state index < -0.39 is 0 Å². The van der Waals surface area contributed by atoms with E-state index in [4.69, 9.17) is 12.2 Å². The van der Waals surface area contributed by atoms with Gasteiger partial charge < -0.3 is 9.55 Å². The first kappa shape index (κ1) is 11.1. The van der Waals surface area contributed by atoms with Gasteiger partial charge in [0, 0.05) is 6.54 Å². The number of allylic oxidation sites excluding steroid dienone is 2. The van der Waals surface area contributed by atoms with Crippen molar-refractivity contribution in [3.05, 3.63) is 40.9 Å². The molecule has 0 aliphatic heterocycles. The van der Waals surface area contributed by atoms with Crippen LogP contribution in [0.2, 0.25) is 0 Å². The fourth-order valence-electron chi connectivity index (χ4n) is 1.74. The summed E-state index contributed by atoms with van der Waals surface area (Å²) < 4.78 is 16.0. The summed E-state index contributed by atoms with van der Waals surface area (Å²) in [4.78, 5) is 2.90. The molecule has 16 heavy (non-hydrogen) atoms. The molecule has 0 fully saturated rings. The molecule has 1 aromatic carbocycles. The van der Waals surface area contributed by atoms with Crippen molar-refractivity contribution in [2.45, 2.75) is 19.9 Å². The van der Waals surface area contributed by atoms with Crippen LogP contribution in [0.1, 0.15) is 13.3 Å². The molecule has 2 aromatic rings. The molecule has 0 saturated carbocycles. The van der Waals surface area contributed by atoms with Crippen molar-refractivity contribution in [2.75, 3.05) is 0 Å². The number of para-hydroxylation sites is 1. The van der Waals surface area contributed by atoms with Gasteiger partial charge in [0.05, 0.1) is 5.52 Å². The molecule has 2 rings (SSSR count). The predicted octanol–water partition coefficient (Wildman–Crippen LogP) is 3.80. The lowest BCUT2D eigenvalue weighted by atomic mass is 10.3. The van der Waals surface area contributed by atoms with Crippen LogP contribution >= 0.6 is 12.2 Å². The molecule has 84 valence electrons. The maximum atomic E-state index is 13.5. The molecule has 0 aliphatic carbocycles. The first-order valence-electron chi connectivity index (χ1n) is 5.22. The Kier molecular flexibility index (Phi) is 3.19. The highest BCUT2D eigenvalue weighted by molar-refractivity contribution is 7.71. The second-order valence-electron chi connectivity index (χ2n) is 3.57. The Hall–Kier alpha value is -1.42. The van der Waals surface area contributed by atoms with Crippen LogP contribution in [0.3, 0.4) is 0 Å². The summed E-state index contributed by atoms with van der Waals surface area (Å²) >= 11 is 5.18. The maximum Gasteiger partial charge on any atom is 0.178 e. The van der Waals surface area contributed by atoms with Crippen molar-refractivity contribution in [2.24, 2.45) is 0 Å². The second kappa shape index (κ2) is 4.61. The van der Waals surface area contributed by atoms with Crippen LogP contribution in [0.4, 0.5) is 4.39 Å². The summed E-state index contributed by atoms with van der Waals surface area (Å²) in [6.45, 7) is 2.75. The Labute approximate surface area is 98.4 Å². The Morgan fingerprint density at radius 2 is 2.31 bits per heavy atom. The van der Waals surface area contributed by atoms with Crippen molar-refractivity contribution in [1.29, 1.82) is 0 Å². The number of benzene rings is 1. The van der Waals surface area contributed by atoms with E-state index in [1.54, 1.807) is 6.07 Å². The molecule has 0 radical (unpaired) electrons. The van der Waals surface area contributed by atoms with Crippen molar-refractivity contribution < 1.29 is 4.39 Å². The highest BCUT2D eigenvalue weighted by Gasteiger charge is 2.06. The average Bonchev–Trinajstić information content (AvgIpc) is 2.58. The quantitative estimate of drug-likeness (QED) is 0.635. The fourth-order valence-corrected chi connectivity index (χ4v) is 2.03. The van der Waals surface area contributed by atoms with Crippen molar-refractivity contribution >= 4 is 23.3 Å². The summed E-state index contributed by atoms with van der Waals surface area (Å²) in [5, 5.41) is 0. The number of aryl methyl sites for hydroxylation is 1. The number of hydrogen-bond donors (Lipinski definition) is 1. The summed E-state index contributed by atoms with van der Waals surface area (Å²) in [6, 6.07) is 5.01. The van der Waals surface area contributed by atoms with E-state index in [0.717, 1.165) is 18.5 Å². The first-order chi connectivity index (χ1) is 7.74. The number of nitrogens with zero attached hydrogens (tertiary/aromatic N) is 1. The number of rotatable bonds is 3. The lowest BCUT2D eigenvalue weighted by Gasteiger charge is -2.01. The van der Waals surface area contributed by atoms with Crippen molar-refractivity contribution in [3.63, 3.8) is 0 Å². The zero-order chi connectivity index (χ0) is 11.5. The SMILES string of the molecule is C/C=C/CCn1c(=S)[nH]c2c(F)cccc21. The highest BCUT2D eigenvalue weighted by Crippen LogP contribution is 2.17. The van der Waals surface area contributed by atoms with Crippen LogP contribution in [0.25, 0.3) is 11.0 Å². The van der Waals surface area contributed by atoms with Crippen LogP contribution in [-0.2, 0) is 6.54 Å². The summed E-state index contributed by atoms with van der Waals surface area (Å²) in [6.07, 6.45) is 4.97. The number of aromatic amines is 1. The zero-order valence-electron chi connectivity index (χ0n) is 9.03. The smallest absolute Gasteiger partial charge is 0.178 e. The van der Waals surface area contributed by atoms with Gasteiger partial charge in [-0.05, 0) is 37.7 Å². The minimum Gasteiger partial charge on any atom is -0.328 e. The minimum atomic E-state index is -0.256. The Morgan fingerprint density at radius 1 is 1.50 bits per heavy atom. The number of nitrogens with one attached hydrogen (secondary N) is 1. The fraction of sp³-hybridized carbons (Fsp3) is 0.250. The zero-order valence-corrected chi connectivity index (χ0v) is 9.85. The van der Waals surface area contributed by atoms with Gasteiger partial charge in [-0.25, -0.2) is 4.39 Å². The molecule has 1 N–H and O–H groups in total. The van der Waals surface area contributed by atoms with Gasteiger partial charge in [-0.2, -0.15) is 0 Å². The highest BCUT2D eigenvalue weighted by atomic mass is 32.1. The number of halogens is 1. The van der Waals surface area contributed by atoms with Gasteiger partial charge in [0.1, 0.15) is 11.3 Å². The number of aromatic nitrogens is 2. The molecule has 1 aromatic heterocycles. The van der Waals surface area contributed by atoms with E-state index >= 15 is 0 Å². The molecule has 0 spiro atoms. The number of imidazole rings is 1. The lowest BCUT2D eigenvalue weighted by Crippen LogP contribution is -1.96. The molecule has 0 atom stereocenters. The third-order valence-corrected chi connectivity index (χ3v) is 2.84. The largest absolute Gasteiger partial charge is 0.328 e. The van der Waals surface area contributed by atoms with Crippen molar-refractivity contribution in [3.8, 4) is 0 Å². The number of hydrogen-bond acceptors (Lipinski definition) is 1. The van der Waals surface area contributed by atoms with Crippen molar-refractivity contribution in [1.82, 2.24) is 9.55 Å². The summed E-state index contributed by atoms with van der Waals surface area (Å²) in [7, 11) is 0. The molecule has 0 aliphatic rings. The third-order valence-electron chi connectivity index (χ3n) is 2.51. The Balaban J connectivity index is 2.48. The maximum absolute atomic E-state index is 13.5. The minimum absolute atomic E-state index is 0.256. The van der Waals surface area contributed by atoms with Crippen LogP contribution in [0.5, 0.6) is 0 Å². The van der Waals surface area contributed by atoms with Gasteiger partial charge in [-0.15, -0.1) is 0 Å². The van der Waals surface area contributed by atoms with Gasteiger partial charge in [0.15, 0.2) is 4.77 Å². The lowest BCUT2D eigenvalue weighted by molar-refractivity contribution is 0.637. The molecule has 0 bridgehead atoms. The molecular formula is C12H13FN2S. The summed E-state index contributed by atoms with van der Waals surface area (Å²) in [5.41, 5.74) is 1.32. The Morgan fingerprint density at radius 3 is 3.06 bits per heavy atom. The topological polar surface area (TPSA) is 20.7 Å². The first-order valence-corrected chi connectivity index (χ1v) is 5.63.